The molecule has 6 heteroatoms. The molecule has 106 valence electrons. The molecule has 0 atom stereocenters. The molecule has 0 amide bonds. The van der Waals surface area contributed by atoms with Gasteiger partial charge in [-0.3, -0.25) is 4.79 Å². The summed E-state index contributed by atoms with van der Waals surface area (Å²) in [6.07, 6.45) is 0.905. The molecule has 1 heterocycles. The Bertz CT molecular complexity index is 620. The Hall–Kier alpha value is -1.82. The van der Waals surface area contributed by atoms with Crippen molar-refractivity contribution in [2.45, 2.75) is 26.2 Å². The first-order valence-electron chi connectivity index (χ1n) is 6.17. The molecule has 0 radical (unpaired) electrons. The van der Waals surface area contributed by atoms with E-state index in [0.29, 0.717) is 18.5 Å². The van der Waals surface area contributed by atoms with E-state index in [0.717, 1.165) is 16.2 Å². The van der Waals surface area contributed by atoms with E-state index in [1.807, 2.05) is 6.92 Å². The highest BCUT2D eigenvalue weighted by atomic mass is 32.1. The third-order valence-electron chi connectivity index (χ3n) is 2.86. The largest absolute Gasteiger partial charge is 0.481 e. The lowest BCUT2D eigenvalue weighted by Crippen LogP contribution is -1.98. The molecule has 3 nitrogen and oxygen atoms in total. The number of carboxylic acid groups (broad SMARTS) is 1. The van der Waals surface area contributed by atoms with Crippen LogP contribution in [0.3, 0.4) is 0 Å². The summed E-state index contributed by atoms with van der Waals surface area (Å²) in [6, 6.07) is 3.67. The van der Waals surface area contributed by atoms with Crippen LogP contribution in [-0.2, 0) is 17.6 Å². The van der Waals surface area contributed by atoms with Crippen LogP contribution in [0.2, 0.25) is 0 Å². The van der Waals surface area contributed by atoms with Crippen molar-refractivity contribution >= 4 is 17.3 Å². The van der Waals surface area contributed by atoms with Gasteiger partial charge in [0.25, 0.3) is 0 Å². The number of carboxylic acids is 1. The van der Waals surface area contributed by atoms with E-state index in [1.54, 1.807) is 0 Å². The Balaban J connectivity index is 2.41. The number of thiazole rings is 1. The van der Waals surface area contributed by atoms with E-state index in [2.05, 4.69) is 4.98 Å². The summed E-state index contributed by atoms with van der Waals surface area (Å²) >= 11 is 1.15. The van der Waals surface area contributed by atoms with E-state index in [4.69, 9.17) is 5.11 Å². The monoisotopic (exact) mass is 297 g/mol. The maximum Gasteiger partial charge on any atom is 0.303 e. The van der Waals surface area contributed by atoms with E-state index in [-0.39, 0.29) is 17.0 Å². The number of nitrogens with zero attached hydrogens (tertiary/aromatic N) is 1. The number of aliphatic carboxylic acids is 1. The molecule has 0 aliphatic carbocycles. The van der Waals surface area contributed by atoms with Crippen molar-refractivity contribution in [3.05, 3.63) is 40.4 Å². The fourth-order valence-corrected chi connectivity index (χ4v) is 3.08. The predicted octanol–water partition coefficient (Wildman–Crippen LogP) is 3.67. The van der Waals surface area contributed by atoms with E-state index in [9.17, 15) is 13.6 Å². The van der Waals surface area contributed by atoms with Gasteiger partial charge in [-0.25, -0.2) is 13.8 Å². The minimum Gasteiger partial charge on any atom is -0.481 e. The van der Waals surface area contributed by atoms with Gasteiger partial charge in [0.15, 0.2) is 0 Å². The van der Waals surface area contributed by atoms with Crippen LogP contribution in [0.15, 0.2) is 18.2 Å². The number of rotatable bonds is 5. The smallest absolute Gasteiger partial charge is 0.303 e. The van der Waals surface area contributed by atoms with Crippen molar-refractivity contribution in [3.63, 3.8) is 0 Å². The van der Waals surface area contributed by atoms with Crippen LogP contribution >= 0.6 is 11.3 Å². The van der Waals surface area contributed by atoms with Gasteiger partial charge in [-0.1, -0.05) is 13.0 Å². The van der Waals surface area contributed by atoms with Gasteiger partial charge < -0.3 is 5.11 Å². The number of benzene rings is 1. The quantitative estimate of drug-likeness (QED) is 0.916. The molecule has 0 unspecified atom stereocenters. The van der Waals surface area contributed by atoms with Crippen LogP contribution in [0, 0.1) is 11.6 Å². The summed E-state index contributed by atoms with van der Waals surface area (Å²) < 4.78 is 27.5. The van der Waals surface area contributed by atoms with Crippen LogP contribution in [0.4, 0.5) is 8.78 Å². The van der Waals surface area contributed by atoms with Gasteiger partial charge in [0.05, 0.1) is 17.7 Å². The second kappa shape index (κ2) is 6.09. The standard InChI is InChI=1S/C14H13F2NO2S/c1-2-10-11(6-7-12(18)19)20-14(17-10)13-8(15)4-3-5-9(13)16/h3-5H,2,6-7H2,1H3,(H,18,19). The molecule has 2 aromatic rings. The Labute approximate surface area is 118 Å². The zero-order valence-corrected chi connectivity index (χ0v) is 11.6. The normalized spacial score (nSPS) is 10.8. The first kappa shape index (κ1) is 14.6. The van der Waals surface area contributed by atoms with Gasteiger partial charge >= 0.3 is 5.97 Å². The van der Waals surface area contributed by atoms with Crippen molar-refractivity contribution in [2.24, 2.45) is 0 Å². The molecule has 0 bridgehead atoms. The van der Waals surface area contributed by atoms with Crippen molar-refractivity contribution in [2.75, 3.05) is 0 Å². The molecule has 0 saturated heterocycles. The second-order valence-corrected chi connectivity index (χ2v) is 5.32. The van der Waals surface area contributed by atoms with Crippen molar-refractivity contribution < 1.29 is 18.7 Å². The van der Waals surface area contributed by atoms with E-state index in [1.165, 1.54) is 18.2 Å². The van der Waals surface area contributed by atoms with Crippen LogP contribution < -0.4 is 0 Å². The molecule has 0 aliphatic heterocycles. The van der Waals surface area contributed by atoms with Gasteiger partial charge in [0.1, 0.15) is 16.6 Å². The third kappa shape index (κ3) is 3.01. The topological polar surface area (TPSA) is 50.2 Å². The van der Waals surface area contributed by atoms with Crippen molar-refractivity contribution in [1.29, 1.82) is 0 Å². The number of carbonyl (C=O) groups is 1. The number of hydrogen-bond donors (Lipinski definition) is 1. The van der Waals surface area contributed by atoms with E-state index < -0.39 is 17.6 Å². The van der Waals surface area contributed by atoms with Crippen LogP contribution in [0.25, 0.3) is 10.6 Å². The Morgan fingerprint density at radius 2 is 2.00 bits per heavy atom. The Kier molecular flexibility index (Phi) is 4.44. The SMILES string of the molecule is CCc1nc(-c2c(F)cccc2F)sc1CCC(=O)O. The van der Waals surface area contributed by atoms with E-state index >= 15 is 0 Å². The number of hydrogen-bond acceptors (Lipinski definition) is 3. The van der Waals surface area contributed by atoms with Crippen LogP contribution in [0.5, 0.6) is 0 Å². The molecule has 0 saturated carbocycles. The molecule has 2 rings (SSSR count). The fourth-order valence-electron chi connectivity index (χ4n) is 1.88. The summed E-state index contributed by atoms with van der Waals surface area (Å²) in [6.45, 7) is 1.88. The number of aryl methyl sites for hydroxylation is 2. The number of halogens is 2. The van der Waals surface area contributed by atoms with Gasteiger partial charge in [0, 0.05) is 4.88 Å². The van der Waals surface area contributed by atoms with Gasteiger partial charge in [-0.2, -0.15) is 0 Å². The average molecular weight is 297 g/mol. The lowest BCUT2D eigenvalue weighted by molar-refractivity contribution is -0.136. The first-order chi connectivity index (χ1) is 9.52. The molecule has 0 aliphatic rings. The highest BCUT2D eigenvalue weighted by Crippen LogP contribution is 2.32. The molecule has 1 N–H and O–H groups in total. The van der Waals surface area contributed by atoms with Crippen molar-refractivity contribution in [1.82, 2.24) is 4.98 Å². The Morgan fingerprint density at radius 3 is 2.55 bits per heavy atom. The van der Waals surface area contributed by atoms with Gasteiger partial charge in [0.2, 0.25) is 0 Å². The summed E-state index contributed by atoms with van der Waals surface area (Å²) in [5.41, 5.74) is 0.558. The molecule has 0 spiro atoms. The van der Waals surface area contributed by atoms with Crippen LogP contribution in [-0.4, -0.2) is 16.1 Å². The summed E-state index contributed by atoms with van der Waals surface area (Å²) in [4.78, 5) is 15.6. The molecule has 20 heavy (non-hydrogen) atoms. The average Bonchev–Trinajstić information content (AvgIpc) is 2.79. The maximum absolute atomic E-state index is 13.7. The van der Waals surface area contributed by atoms with Gasteiger partial charge in [-0.15, -0.1) is 11.3 Å². The van der Waals surface area contributed by atoms with Gasteiger partial charge in [-0.05, 0) is 25.0 Å². The zero-order chi connectivity index (χ0) is 14.7. The fraction of sp³-hybridized carbons (Fsp3) is 0.286. The summed E-state index contributed by atoms with van der Waals surface area (Å²) in [5, 5.41) is 8.98. The van der Waals surface area contributed by atoms with Crippen LogP contribution in [0.1, 0.15) is 23.9 Å². The maximum atomic E-state index is 13.7. The van der Waals surface area contributed by atoms with Crippen molar-refractivity contribution in [3.8, 4) is 10.6 Å². The lowest BCUT2D eigenvalue weighted by Gasteiger charge is -1.99. The minimum atomic E-state index is -0.904. The molecule has 1 aromatic heterocycles. The molecule has 1 aromatic carbocycles. The molecular formula is C14H13F2NO2S. The summed E-state index contributed by atoms with van der Waals surface area (Å²) in [7, 11) is 0. The molecule has 0 fully saturated rings. The zero-order valence-electron chi connectivity index (χ0n) is 10.8. The number of aromatic nitrogens is 1. The highest BCUT2D eigenvalue weighted by Gasteiger charge is 2.18. The predicted molar refractivity (Wildman–Crippen MR) is 72.8 cm³/mol. The second-order valence-electron chi connectivity index (χ2n) is 4.23. The molecular weight excluding hydrogens is 284 g/mol. The lowest BCUT2D eigenvalue weighted by atomic mass is 10.2. The highest BCUT2D eigenvalue weighted by molar-refractivity contribution is 7.15. The first-order valence-corrected chi connectivity index (χ1v) is 6.99. The summed E-state index contributed by atoms with van der Waals surface area (Å²) in [5.74, 6) is -2.23. The third-order valence-corrected chi connectivity index (χ3v) is 4.03. The minimum absolute atomic E-state index is 0.0195. The Morgan fingerprint density at radius 1 is 1.35 bits per heavy atom.